The molecular weight excluding hydrogens is 612 g/mol. The highest BCUT2D eigenvalue weighted by Gasteiger charge is 2.48. The van der Waals surface area contributed by atoms with Crippen LogP contribution in [0.25, 0.3) is 0 Å². The number of carbonyl (C=O) groups excluding carboxylic acids is 1. The lowest BCUT2D eigenvalue weighted by molar-refractivity contribution is -0.384. The minimum atomic E-state index is -1.84. The molecule has 1 fully saturated rings. The lowest BCUT2D eigenvalue weighted by Gasteiger charge is -2.42. The molecule has 0 bridgehead atoms. The molecule has 0 unspecified atom stereocenters. The largest absolute Gasteiger partial charge is 0.457 e. The molecule has 42 heavy (non-hydrogen) atoms. The number of thiazole rings is 2. The van der Waals surface area contributed by atoms with Gasteiger partial charge >= 0.3 is 16.2 Å². The third kappa shape index (κ3) is 8.78. The van der Waals surface area contributed by atoms with Crippen molar-refractivity contribution in [1.29, 1.82) is 0 Å². The summed E-state index contributed by atoms with van der Waals surface area (Å²) in [5.74, 6) is -0.870. The van der Waals surface area contributed by atoms with Gasteiger partial charge in [-0.25, -0.2) is 9.98 Å². The number of rotatable bonds is 14. The standard InChI is InChI=1S/C20H24N6O14S2/c1-8(29)37-17-15(31)11(7-28)40-18(16(17)32)39-9(2-21-12-3-23-19(41-12)25(33)34)10(6-27)38-14(30)5-22-13-4-24-20(42-13)26(35)36/h2-5,9-11,14-18,27-28,30-32H,6-7H2,1H3/t9-,10+,11+,14-,15+,16+,17-,18+/m1/s1. The third-order valence-electron chi connectivity index (χ3n) is 5.23. The minimum absolute atomic E-state index is 0.0208. The number of aliphatic hydroxyl groups excluding tert-OH is 5. The van der Waals surface area contributed by atoms with Crippen LogP contribution < -0.4 is 0 Å². The topological polar surface area (TPSA) is 292 Å². The molecule has 0 aliphatic carbocycles. The van der Waals surface area contributed by atoms with Crippen molar-refractivity contribution in [3.8, 4) is 0 Å². The number of carbonyl (C=O) groups is 1. The van der Waals surface area contributed by atoms with E-state index in [1.807, 2.05) is 0 Å². The maximum absolute atomic E-state index is 11.5. The second kappa shape index (κ2) is 15.1. The lowest BCUT2D eigenvalue weighted by Crippen LogP contribution is -2.61. The molecule has 1 saturated heterocycles. The summed E-state index contributed by atoms with van der Waals surface area (Å²) in [5.41, 5.74) is 0. The third-order valence-corrected chi connectivity index (χ3v) is 6.94. The van der Waals surface area contributed by atoms with Gasteiger partial charge in [0.05, 0.1) is 19.4 Å². The van der Waals surface area contributed by atoms with Crippen molar-refractivity contribution in [2.45, 2.75) is 56.1 Å². The van der Waals surface area contributed by atoms with Gasteiger partial charge < -0.3 is 64.7 Å². The number of nitrogens with zero attached hydrogens (tertiary/aromatic N) is 6. The summed E-state index contributed by atoms with van der Waals surface area (Å²) >= 11 is 1.20. The van der Waals surface area contributed by atoms with E-state index in [4.69, 9.17) is 18.9 Å². The number of hydrogen-bond donors (Lipinski definition) is 5. The molecule has 1 aliphatic heterocycles. The summed E-state index contributed by atoms with van der Waals surface area (Å²) in [6.07, 6.45) is -9.09. The molecule has 3 rings (SSSR count). The van der Waals surface area contributed by atoms with E-state index in [0.717, 1.165) is 31.7 Å². The average Bonchev–Trinajstić information content (AvgIpc) is 3.62. The van der Waals surface area contributed by atoms with Gasteiger partial charge in [0.1, 0.15) is 30.5 Å². The first kappa shape index (κ1) is 33.1. The Bertz CT molecular complexity index is 1290. The first-order valence-electron chi connectivity index (χ1n) is 11.6. The Kier molecular flexibility index (Phi) is 11.9. The SMILES string of the molecule is CC(=O)O[C@H]1[C@H](O)[C@@H](O[C@H](C=Nc2cnc([N+](=O)[O-])s2)[C@H](CO)O[C@@H](O)C=Nc2cnc([N+](=O)[O-])s2)O[C@@H](CO)[C@@H]1O. The molecule has 0 radical (unpaired) electrons. The number of aromatic nitrogens is 2. The minimum Gasteiger partial charge on any atom is -0.457 e. The molecule has 20 nitrogen and oxygen atoms in total. The summed E-state index contributed by atoms with van der Waals surface area (Å²) in [7, 11) is 0. The maximum Gasteiger partial charge on any atom is 0.425 e. The Balaban J connectivity index is 1.85. The molecular formula is C20H24N6O14S2. The maximum atomic E-state index is 11.5. The summed E-state index contributed by atoms with van der Waals surface area (Å²) in [6.45, 7) is -0.621. The number of aliphatic hydroxyl groups is 5. The quantitative estimate of drug-likeness (QED) is 0.0544. The van der Waals surface area contributed by atoms with Crippen molar-refractivity contribution < 1.29 is 59.1 Å². The van der Waals surface area contributed by atoms with Gasteiger partial charge in [-0.3, -0.25) is 4.79 Å². The van der Waals surface area contributed by atoms with E-state index in [1.165, 1.54) is 0 Å². The highest BCUT2D eigenvalue weighted by atomic mass is 32.1. The van der Waals surface area contributed by atoms with Crippen molar-refractivity contribution in [2.75, 3.05) is 13.2 Å². The van der Waals surface area contributed by atoms with Crippen LogP contribution in [-0.4, -0.2) is 126 Å². The van der Waals surface area contributed by atoms with E-state index >= 15 is 0 Å². The highest BCUT2D eigenvalue weighted by Crippen LogP contribution is 2.30. The van der Waals surface area contributed by atoms with Crippen LogP contribution in [0.15, 0.2) is 22.4 Å². The normalized spacial score (nSPS) is 25.0. The first-order valence-corrected chi connectivity index (χ1v) is 13.2. The predicted molar refractivity (Wildman–Crippen MR) is 140 cm³/mol. The van der Waals surface area contributed by atoms with E-state index in [0.29, 0.717) is 22.7 Å². The van der Waals surface area contributed by atoms with Crippen LogP contribution in [0.2, 0.25) is 0 Å². The van der Waals surface area contributed by atoms with Crippen LogP contribution in [0.3, 0.4) is 0 Å². The zero-order valence-corrected chi connectivity index (χ0v) is 22.9. The van der Waals surface area contributed by atoms with Gasteiger partial charge in [0, 0.05) is 13.1 Å². The molecule has 230 valence electrons. The molecule has 0 aromatic carbocycles. The van der Waals surface area contributed by atoms with Crippen LogP contribution in [0.4, 0.5) is 20.3 Å². The fraction of sp³-hybridized carbons (Fsp3) is 0.550. The number of nitro groups is 2. The first-order chi connectivity index (χ1) is 19.9. The summed E-state index contributed by atoms with van der Waals surface area (Å²) < 4.78 is 21.4. The molecule has 0 amide bonds. The van der Waals surface area contributed by atoms with E-state index < -0.39 is 88.5 Å². The van der Waals surface area contributed by atoms with Crippen LogP contribution in [0, 0.1) is 20.2 Å². The zero-order valence-electron chi connectivity index (χ0n) is 21.3. The van der Waals surface area contributed by atoms with Crippen LogP contribution in [-0.2, 0) is 23.7 Å². The molecule has 8 atom stereocenters. The second-order valence-electron chi connectivity index (χ2n) is 8.16. The van der Waals surface area contributed by atoms with Gasteiger partial charge in [-0.1, -0.05) is 0 Å². The Morgan fingerprint density at radius 2 is 1.67 bits per heavy atom. The molecule has 0 spiro atoms. The Morgan fingerprint density at radius 3 is 2.14 bits per heavy atom. The molecule has 2 aromatic heterocycles. The number of hydrogen-bond acceptors (Lipinski definition) is 20. The number of ether oxygens (including phenoxy) is 4. The molecule has 22 heteroatoms. The molecule has 5 N–H and O–H groups in total. The van der Waals surface area contributed by atoms with E-state index in [2.05, 4.69) is 20.0 Å². The van der Waals surface area contributed by atoms with Crippen LogP contribution in [0.1, 0.15) is 6.92 Å². The van der Waals surface area contributed by atoms with E-state index in [9.17, 15) is 50.6 Å². The van der Waals surface area contributed by atoms with Crippen molar-refractivity contribution in [2.24, 2.45) is 9.98 Å². The van der Waals surface area contributed by atoms with Gasteiger partial charge in [-0.2, -0.15) is 0 Å². The summed E-state index contributed by atoms with van der Waals surface area (Å²) in [5, 5.41) is 71.9. The van der Waals surface area contributed by atoms with Gasteiger partial charge in [0.15, 0.2) is 41.1 Å². The average molecular weight is 637 g/mol. The fourth-order valence-electron chi connectivity index (χ4n) is 3.39. The molecule has 1 aliphatic rings. The molecule has 2 aromatic rings. The highest BCUT2D eigenvalue weighted by molar-refractivity contribution is 7.18. The van der Waals surface area contributed by atoms with Crippen molar-refractivity contribution in [1.82, 2.24) is 9.97 Å². The van der Waals surface area contributed by atoms with Gasteiger partial charge in [-0.15, -0.1) is 0 Å². The monoisotopic (exact) mass is 636 g/mol. The fourth-order valence-corrected chi connectivity index (χ4v) is 4.57. The smallest absolute Gasteiger partial charge is 0.425 e. The van der Waals surface area contributed by atoms with Crippen LogP contribution >= 0.6 is 22.7 Å². The van der Waals surface area contributed by atoms with Crippen LogP contribution in [0.5, 0.6) is 0 Å². The van der Waals surface area contributed by atoms with Gasteiger partial charge in [-0.05, 0) is 42.5 Å². The Hall–Kier alpha value is -3.45. The summed E-state index contributed by atoms with van der Waals surface area (Å²) in [6, 6.07) is 0. The van der Waals surface area contributed by atoms with Crippen molar-refractivity contribution in [3.05, 3.63) is 32.6 Å². The Labute approximate surface area is 242 Å². The zero-order chi connectivity index (χ0) is 31.0. The van der Waals surface area contributed by atoms with E-state index in [1.54, 1.807) is 0 Å². The van der Waals surface area contributed by atoms with Gasteiger partial charge in [0.2, 0.25) is 0 Å². The number of aliphatic imine (C=N–C) groups is 2. The molecule has 0 saturated carbocycles. The Morgan fingerprint density at radius 1 is 1.10 bits per heavy atom. The van der Waals surface area contributed by atoms with Crippen molar-refractivity contribution in [3.63, 3.8) is 0 Å². The number of esters is 1. The summed E-state index contributed by atoms with van der Waals surface area (Å²) in [4.78, 5) is 46.7. The molecule has 3 heterocycles. The van der Waals surface area contributed by atoms with Crippen molar-refractivity contribution >= 4 is 61.3 Å². The lowest BCUT2D eigenvalue weighted by atomic mass is 9.99. The van der Waals surface area contributed by atoms with E-state index in [-0.39, 0.29) is 10.0 Å². The van der Waals surface area contributed by atoms with Gasteiger partial charge in [0.25, 0.3) is 0 Å². The predicted octanol–water partition coefficient (Wildman–Crippen LogP) is -1.03. The second-order valence-corrected chi connectivity index (χ2v) is 10.1.